The average Bonchev–Trinajstić information content (AvgIpc) is 2.89. The molecule has 3 N–H and O–H groups in total. The number of anilines is 1. The molecule has 6 heteroatoms. The molecule has 0 fully saturated rings. The molecular formula is C14H18N4O2. The van der Waals surface area contributed by atoms with Crippen LogP contribution in [-0.2, 0) is 17.9 Å². The number of amides is 1. The summed E-state index contributed by atoms with van der Waals surface area (Å²) in [4.78, 5) is 16.1. The van der Waals surface area contributed by atoms with Crippen LogP contribution in [0, 0.1) is 0 Å². The van der Waals surface area contributed by atoms with Crippen molar-refractivity contribution in [3.05, 3.63) is 48.0 Å². The monoisotopic (exact) mass is 274 g/mol. The molecule has 1 aromatic heterocycles. The average molecular weight is 274 g/mol. The number of carbonyl (C=O) groups excluding carboxylic acids is 1. The normalized spacial score (nSPS) is 10.5. The lowest BCUT2D eigenvalue weighted by atomic mass is 10.2. The SMILES string of the molecule is COCc1cccc(NC(=O)c2cn(CCN)cn2)c1. The molecule has 1 aromatic carbocycles. The Labute approximate surface area is 117 Å². The zero-order chi connectivity index (χ0) is 14.4. The van der Waals surface area contributed by atoms with Gasteiger partial charge < -0.3 is 20.4 Å². The predicted octanol–water partition coefficient (Wildman–Crippen LogP) is 1.24. The Hall–Kier alpha value is -2.18. The van der Waals surface area contributed by atoms with E-state index in [-0.39, 0.29) is 5.91 Å². The van der Waals surface area contributed by atoms with Crippen molar-refractivity contribution in [2.75, 3.05) is 19.0 Å². The first-order chi connectivity index (χ1) is 9.72. The Kier molecular flexibility index (Phi) is 4.86. The minimum atomic E-state index is -0.240. The summed E-state index contributed by atoms with van der Waals surface area (Å²) in [5.41, 5.74) is 7.54. The highest BCUT2D eigenvalue weighted by molar-refractivity contribution is 6.02. The van der Waals surface area contributed by atoms with Crippen molar-refractivity contribution in [1.82, 2.24) is 9.55 Å². The van der Waals surface area contributed by atoms with E-state index >= 15 is 0 Å². The highest BCUT2D eigenvalue weighted by atomic mass is 16.5. The summed E-state index contributed by atoms with van der Waals surface area (Å²) in [5, 5.41) is 2.81. The third kappa shape index (κ3) is 3.66. The summed E-state index contributed by atoms with van der Waals surface area (Å²) >= 11 is 0. The Morgan fingerprint density at radius 1 is 1.50 bits per heavy atom. The number of carbonyl (C=O) groups is 1. The molecule has 1 heterocycles. The lowest BCUT2D eigenvalue weighted by Gasteiger charge is -2.05. The zero-order valence-corrected chi connectivity index (χ0v) is 11.4. The second-order valence-electron chi connectivity index (χ2n) is 4.37. The van der Waals surface area contributed by atoms with E-state index in [2.05, 4.69) is 10.3 Å². The fourth-order valence-corrected chi connectivity index (χ4v) is 1.85. The standard InChI is InChI=1S/C14H18N4O2/c1-20-9-11-3-2-4-12(7-11)17-14(19)13-8-18(6-5-15)10-16-13/h2-4,7-8,10H,5-6,9,15H2,1H3,(H,17,19). The number of benzene rings is 1. The number of imidazole rings is 1. The van der Waals surface area contributed by atoms with E-state index in [1.54, 1.807) is 24.2 Å². The van der Waals surface area contributed by atoms with Crippen LogP contribution in [-0.4, -0.2) is 29.1 Å². The molecule has 0 saturated heterocycles. The summed E-state index contributed by atoms with van der Waals surface area (Å²) in [7, 11) is 1.63. The second-order valence-corrected chi connectivity index (χ2v) is 4.37. The van der Waals surface area contributed by atoms with Crippen molar-refractivity contribution in [1.29, 1.82) is 0 Å². The van der Waals surface area contributed by atoms with Crippen LogP contribution in [0.1, 0.15) is 16.1 Å². The first-order valence-corrected chi connectivity index (χ1v) is 6.34. The third-order valence-electron chi connectivity index (χ3n) is 2.75. The number of nitrogens with one attached hydrogen (secondary N) is 1. The van der Waals surface area contributed by atoms with Gasteiger partial charge in [-0.05, 0) is 17.7 Å². The van der Waals surface area contributed by atoms with Crippen LogP contribution in [0.2, 0.25) is 0 Å². The Balaban J connectivity index is 2.04. The quantitative estimate of drug-likeness (QED) is 0.830. The summed E-state index contributed by atoms with van der Waals surface area (Å²) < 4.78 is 6.85. The van der Waals surface area contributed by atoms with Crippen LogP contribution < -0.4 is 11.1 Å². The number of rotatable bonds is 6. The first kappa shape index (κ1) is 14.2. The fourth-order valence-electron chi connectivity index (χ4n) is 1.85. The Morgan fingerprint density at radius 3 is 3.10 bits per heavy atom. The molecule has 0 radical (unpaired) electrons. The van der Waals surface area contributed by atoms with Crippen molar-refractivity contribution in [3.8, 4) is 0 Å². The van der Waals surface area contributed by atoms with E-state index < -0.39 is 0 Å². The van der Waals surface area contributed by atoms with Gasteiger partial charge in [0, 0.05) is 32.1 Å². The highest BCUT2D eigenvalue weighted by Crippen LogP contribution is 2.12. The van der Waals surface area contributed by atoms with Crippen molar-refractivity contribution in [2.45, 2.75) is 13.2 Å². The van der Waals surface area contributed by atoms with Gasteiger partial charge in [0.1, 0.15) is 5.69 Å². The minimum absolute atomic E-state index is 0.240. The van der Waals surface area contributed by atoms with E-state index in [9.17, 15) is 4.79 Å². The van der Waals surface area contributed by atoms with E-state index in [1.165, 1.54) is 0 Å². The van der Waals surface area contributed by atoms with E-state index in [0.717, 1.165) is 11.3 Å². The van der Waals surface area contributed by atoms with E-state index in [0.29, 0.717) is 25.4 Å². The molecule has 106 valence electrons. The molecule has 0 aliphatic heterocycles. The van der Waals surface area contributed by atoms with Gasteiger partial charge in [-0.3, -0.25) is 4.79 Å². The smallest absolute Gasteiger partial charge is 0.275 e. The molecule has 0 aliphatic carbocycles. The van der Waals surface area contributed by atoms with Crippen LogP contribution in [0.15, 0.2) is 36.8 Å². The highest BCUT2D eigenvalue weighted by Gasteiger charge is 2.09. The molecule has 20 heavy (non-hydrogen) atoms. The number of ether oxygens (including phenoxy) is 1. The summed E-state index contributed by atoms with van der Waals surface area (Å²) in [5.74, 6) is -0.240. The second kappa shape index (κ2) is 6.83. The number of hydrogen-bond acceptors (Lipinski definition) is 4. The van der Waals surface area contributed by atoms with Crippen LogP contribution in [0.5, 0.6) is 0 Å². The van der Waals surface area contributed by atoms with E-state index in [1.807, 2.05) is 24.3 Å². The van der Waals surface area contributed by atoms with Gasteiger partial charge in [0.05, 0.1) is 12.9 Å². The molecule has 0 unspecified atom stereocenters. The predicted molar refractivity (Wildman–Crippen MR) is 76.4 cm³/mol. The van der Waals surface area contributed by atoms with Crippen molar-refractivity contribution in [2.24, 2.45) is 5.73 Å². The molecule has 0 bridgehead atoms. The number of methoxy groups -OCH3 is 1. The van der Waals surface area contributed by atoms with Crippen LogP contribution in [0.3, 0.4) is 0 Å². The topological polar surface area (TPSA) is 82.2 Å². The maximum atomic E-state index is 12.1. The van der Waals surface area contributed by atoms with Crippen LogP contribution in [0.4, 0.5) is 5.69 Å². The summed E-state index contributed by atoms with van der Waals surface area (Å²) in [6.45, 7) is 1.66. The van der Waals surface area contributed by atoms with Gasteiger partial charge in [-0.1, -0.05) is 12.1 Å². The van der Waals surface area contributed by atoms with Gasteiger partial charge in [-0.15, -0.1) is 0 Å². The van der Waals surface area contributed by atoms with Gasteiger partial charge >= 0.3 is 0 Å². The van der Waals surface area contributed by atoms with Crippen LogP contribution >= 0.6 is 0 Å². The lowest BCUT2D eigenvalue weighted by molar-refractivity contribution is 0.102. The first-order valence-electron chi connectivity index (χ1n) is 6.34. The van der Waals surface area contributed by atoms with E-state index in [4.69, 9.17) is 10.5 Å². The maximum absolute atomic E-state index is 12.1. The Morgan fingerprint density at radius 2 is 2.35 bits per heavy atom. The third-order valence-corrected chi connectivity index (χ3v) is 2.75. The molecule has 0 spiro atoms. The molecule has 0 aliphatic rings. The lowest BCUT2D eigenvalue weighted by Crippen LogP contribution is -2.13. The van der Waals surface area contributed by atoms with Gasteiger partial charge in [0.25, 0.3) is 5.91 Å². The number of aromatic nitrogens is 2. The van der Waals surface area contributed by atoms with Crippen molar-refractivity contribution in [3.63, 3.8) is 0 Å². The number of nitrogens with zero attached hydrogens (tertiary/aromatic N) is 2. The molecular weight excluding hydrogens is 256 g/mol. The largest absolute Gasteiger partial charge is 0.380 e. The molecule has 6 nitrogen and oxygen atoms in total. The Bertz CT molecular complexity index is 580. The van der Waals surface area contributed by atoms with Gasteiger partial charge in [0.2, 0.25) is 0 Å². The van der Waals surface area contributed by atoms with Crippen LogP contribution in [0.25, 0.3) is 0 Å². The molecule has 2 rings (SSSR count). The molecule has 1 amide bonds. The minimum Gasteiger partial charge on any atom is -0.380 e. The molecule has 2 aromatic rings. The van der Waals surface area contributed by atoms with Gasteiger partial charge in [-0.2, -0.15) is 0 Å². The fraction of sp³-hybridized carbons (Fsp3) is 0.286. The van der Waals surface area contributed by atoms with Crippen molar-refractivity contribution >= 4 is 11.6 Å². The maximum Gasteiger partial charge on any atom is 0.275 e. The van der Waals surface area contributed by atoms with Gasteiger partial charge in [-0.25, -0.2) is 4.98 Å². The summed E-state index contributed by atoms with van der Waals surface area (Å²) in [6, 6.07) is 7.51. The molecule has 0 atom stereocenters. The molecule has 0 saturated carbocycles. The summed E-state index contributed by atoms with van der Waals surface area (Å²) in [6.07, 6.45) is 3.28. The zero-order valence-electron chi connectivity index (χ0n) is 11.4. The van der Waals surface area contributed by atoms with Crippen molar-refractivity contribution < 1.29 is 9.53 Å². The number of hydrogen-bond donors (Lipinski definition) is 2. The number of nitrogens with two attached hydrogens (primary N) is 1. The van der Waals surface area contributed by atoms with Gasteiger partial charge in [0.15, 0.2) is 0 Å².